The molecule has 100 valence electrons. The Morgan fingerprint density at radius 2 is 2.26 bits per heavy atom. The first kappa shape index (κ1) is 11.8. The summed E-state index contributed by atoms with van der Waals surface area (Å²) in [6.45, 7) is 0.731. The van der Waals surface area contributed by atoms with Crippen molar-refractivity contribution in [1.82, 2.24) is 9.55 Å². The van der Waals surface area contributed by atoms with E-state index >= 15 is 0 Å². The Morgan fingerprint density at radius 1 is 1.42 bits per heavy atom. The van der Waals surface area contributed by atoms with Gasteiger partial charge in [-0.3, -0.25) is 9.36 Å². The van der Waals surface area contributed by atoms with Crippen molar-refractivity contribution in [2.45, 2.75) is 31.4 Å². The maximum Gasteiger partial charge on any atom is 0.263 e. The summed E-state index contributed by atoms with van der Waals surface area (Å²) >= 11 is 6.91. The molecule has 1 saturated heterocycles. The summed E-state index contributed by atoms with van der Waals surface area (Å²) in [5.41, 5.74) is 0.0288. The molecule has 4 rings (SSSR count). The Labute approximate surface area is 119 Å². The molecule has 0 spiro atoms. The molecule has 1 N–H and O–H groups in total. The van der Waals surface area contributed by atoms with Gasteiger partial charge in [0, 0.05) is 6.61 Å². The Balaban J connectivity index is 1.90. The zero-order valence-corrected chi connectivity index (χ0v) is 11.9. The molecule has 2 atom stereocenters. The van der Waals surface area contributed by atoms with Crippen LogP contribution >= 0.6 is 23.6 Å². The number of nitrogens with zero attached hydrogens (tertiary/aromatic N) is 1. The van der Waals surface area contributed by atoms with Crippen molar-refractivity contribution in [2.24, 2.45) is 5.92 Å². The molecule has 2 aliphatic rings. The standard InChI is InChI=1S/C13H14N2O2S2/c16-12-8-4-6-19-11(8)14-13(18)15(12)9-3-5-17-10(9)7-1-2-7/h4,6-7,9-10H,1-3,5H2,(H,14,18). The lowest BCUT2D eigenvalue weighted by Crippen LogP contribution is -2.32. The summed E-state index contributed by atoms with van der Waals surface area (Å²) < 4.78 is 8.11. The van der Waals surface area contributed by atoms with Crippen molar-refractivity contribution >= 4 is 33.8 Å². The lowest BCUT2D eigenvalue weighted by molar-refractivity contribution is 0.0740. The SMILES string of the molecule is O=c1c2ccsc2[nH]c(=S)n1C1CCOC1C1CC1. The van der Waals surface area contributed by atoms with Gasteiger partial charge in [-0.05, 0) is 48.8 Å². The van der Waals surface area contributed by atoms with Crippen LogP contribution in [0, 0.1) is 10.7 Å². The molecule has 1 saturated carbocycles. The van der Waals surface area contributed by atoms with Crippen LogP contribution in [0.4, 0.5) is 0 Å². The quantitative estimate of drug-likeness (QED) is 0.866. The molecule has 0 radical (unpaired) electrons. The lowest BCUT2D eigenvalue weighted by atomic mass is 10.1. The third-order valence-electron chi connectivity index (χ3n) is 4.08. The molecule has 19 heavy (non-hydrogen) atoms. The van der Waals surface area contributed by atoms with Crippen molar-refractivity contribution < 1.29 is 4.74 Å². The smallest absolute Gasteiger partial charge is 0.263 e. The van der Waals surface area contributed by atoms with Crippen LogP contribution in [0.2, 0.25) is 0 Å². The van der Waals surface area contributed by atoms with Crippen LogP contribution in [0.25, 0.3) is 10.2 Å². The largest absolute Gasteiger partial charge is 0.376 e. The summed E-state index contributed by atoms with van der Waals surface area (Å²) in [6, 6.07) is 1.97. The molecule has 2 fully saturated rings. The Kier molecular flexibility index (Phi) is 2.65. The topological polar surface area (TPSA) is 47.0 Å². The zero-order chi connectivity index (χ0) is 13.0. The second-order valence-corrected chi connectivity index (χ2v) is 6.60. The third-order valence-corrected chi connectivity index (χ3v) is 5.20. The summed E-state index contributed by atoms with van der Waals surface area (Å²) in [4.78, 5) is 16.7. The second-order valence-electron chi connectivity index (χ2n) is 5.30. The van der Waals surface area contributed by atoms with Gasteiger partial charge >= 0.3 is 0 Å². The fourth-order valence-corrected chi connectivity index (χ4v) is 4.17. The van der Waals surface area contributed by atoms with E-state index < -0.39 is 0 Å². The lowest BCUT2D eigenvalue weighted by Gasteiger charge is -2.20. The molecule has 3 heterocycles. The first-order valence-corrected chi connectivity index (χ1v) is 7.88. The van der Waals surface area contributed by atoms with Gasteiger partial charge in [-0.15, -0.1) is 11.3 Å². The van der Waals surface area contributed by atoms with Gasteiger partial charge < -0.3 is 9.72 Å². The van der Waals surface area contributed by atoms with Gasteiger partial charge in [0.1, 0.15) is 4.83 Å². The molecule has 6 heteroatoms. The third kappa shape index (κ3) is 1.81. The number of thiophene rings is 1. The van der Waals surface area contributed by atoms with Crippen molar-refractivity contribution in [2.75, 3.05) is 6.61 Å². The highest BCUT2D eigenvalue weighted by atomic mass is 32.1. The number of rotatable bonds is 2. The molecule has 4 nitrogen and oxygen atoms in total. The van der Waals surface area contributed by atoms with Crippen molar-refractivity contribution in [3.05, 3.63) is 26.6 Å². The van der Waals surface area contributed by atoms with Crippen LogP contribution in [0.15, 0.2) is 16.2 Å². The van der Waals surface area contributed by atoms with E-state index in [0.717, 1.165) is 23.2 Å². The number of aromatic nitrogens is 2. The van der Waals surface area contributed by atoms with Gasteiger partial charge in [-0.25, -0.2) is 0 Å². The van der Waals surface area contributed by atoms with E-state index in [-0.39, 0.29) is 17.7 Å². The summed E-state index contributed by atoms with van der Waals surface area (Å²) in [7, 11) is 0. The van der Waals surface area contributed by atoms with E-state index in [9.17, 15) is 4.79 Å². The van der Waals surface area contributed by atoms with Crippen LogP contribution in [0.5, 0.6) is 0 Å². The van der Waals surface area contributed by atoms with E-state index in [4.69, 9.17) is 17.0 Å². The number of H-pyrrole nitrogens is 1. The van der Waals surface area contributed by atoms with E-state index in [1.165, 1.54) is 24.2 Å². The minimum atomic E-state index is 0.0288. The number of ether oxygens (including phenoxy) is 1. The molecule has 0 amide bonds. The van der Waals surface area contributed by atoms with Crippen molar-refractivity contribution in [1.29, 1.82) is 0 Å². The highest BCUT2D eigenvalue weighted by Gasteiger charge is 2.42. The van der Waals surface area contributed by atoms with Crippen molar-refractivity contribution in [3.63, 3.8) is 0 Å². The molecule has 1 aliphatic carbocycles. The molecule has 0 aromatic carbocycles. The Bertz CT molecular complexity index is 741. The molecular formula is C13H14N2O2S2. The fraction of sp³-hybridized carbons (Fsp3) is 0.538. The van der Waals surface area contributed by atoms with Crippen LogP contribution in [-0.4, -0.2) is 22.3 Å². The number of fused-ring (bicyclic) bond motifs is 1. The number of aromatic amines is 1. The van der Waals surface area contributed by atoms with Gasteiger partial charge in [0.2, 0.25) is 0 Å². The number of nitrogens with one attached hydrogen (secondary N) is 1. The van der Waals surface area contributed by atoms with E-state index in [1.54, 1.807) is 4.57 Å². The van der Waals surface area contributed by atoms with Crippen LogP contribution in [-0.2, 0) is 4.74 Å². The highest BCUT2D eigenvalue weighted by Crippen LogP contribution is 2.43. The Morgan fingerprint density at radius 3 is 3.05 bits per heavy atom. The van der Waals surface area contributed by atoms with E-state index in [1.807, 2.05) is 11.4 Å². The highest BCUT2D eigenvalue weighted by molar-refractivity contribution is 7.71. The average Bonchev–Trinajstić information content (AvgIpc) is 2.93. The van der Waals surface area contributed by atoms with Crippen LogP contribution in [0.1, 0.15) is 25.3 Å². The zero-order valence-electron chi connectivity index (χ0n) is 10.3. The van der Waals surface area contributed by atoms with Gasteiger partial charge in [0.15, 0.2) is 4.77 Å². The maximum atomic E-state index is 12.6. The van der Waals surface area contributed by atoms with Gasteiger partial charge in [-0.2, -0.15) is 0 Å². The minimum Gasteiger partial charge on any atom is -0.376 e. The normalized spacial score (nSPS) is 27.2. The van der Waals surface area contributed by atoms with Crippen molar-refractivity contribution in [3.8, 4) is 0 Å². The summed E-state index contributed by atoms with van der Waals surface area (Å²) in [5.74, 6) is 0.618. The predicted octanol–water partition coefficient (Wildman–Crippen LogP) is 2.86. The van der Waals surface area contributed by atoms with Crippen LogP contribution < -0.4 is 5.56 Å². The van der Waals surface area contributed by atoms with E-state index in [0.29, 0.717) is 10.7 Å². The fourth-order valence-electron chi connectivity index (χ4n) is 3.01. The molecule has 2 unspecified atom stereocenters. The number of hydrogen-bond acceptors (Lipinski definition) is 4. The second kappa shape index (κ2) is 4.26. The van der Waals surface area contributed by atoms with Gasteiger partial charge in [0.25, 0.3) is 5.56 Å². The summed E-state index contributed by atoms with van der Waals surface area (Å²) in [5, 5.41) is 2.66. The predicted molar refractivity (Wildman–Crippen MR) is 77.4 cm³/mol. The van der Waals surface area contributed by atoms with Crippen LogP contribution in [0.3, 0.4) is 0 Å². The minimum absolute atomic E-state index is 0.0288. The molecule has 2 aromatic rings. The molecule has 1 aliphatic heterocycles. The van der Waals surface area contributed by atoms with E-state index in [2.05, 4.69) is 4.98 Å². The maximum absolute atomic E-state index is 12.6. The molecule has 0 bridgehead atoms. The first-order valence-electron chi connectivity index (χ1n) is 6.59. The number of hydrogen-bond donors (Lipinski definition) is 1. The van der Waals surface area contributed by atoms with Gasteiger partial charge in [-0.1, -0.05) is 0 Å². The Hall–Kier alpha value is -0.980. The summed E-state index contributed by atoms with van der Waals surface area (Å²) in [6.07, 6.45) is 3.48. The first-order chi connectivity index (χ1) is 9.25. The monoisotopic (exact) mass is 294 g/mol. The van der Waals surface area contributed by atoms with Gasteiger partial charge in [0.05, 0.1) is 17.5 Å². The molecular weight excluding hydrogens is 280 g/mol. The average molecular weight is 294 g/mol. The molecule has 2 aromatic heterocycles.